The third-order valence-corrected chi connectivity index (χ3v) is 4.49. The second kappa shape index (κ2) is 8.63. The summed E-state index contributed by atoms with van der Waals surface area (Å²) >= 11 is 0. The van der Waals surface area contributed by atoms with Crippen molar-refractivity contribution >= 4 is 0 Å². The molecule has 2 aromatic carbocycles. The van der Waals surface area contributed by atoms with Crippen LogP contribution >= 0.6 is 0 Å². The van der Waals surface area contributed by atoms with E-state index in [2.05, 4.69) is 16.8 Å². The van der Waals surface area contributed by atoms with E-state index in [9.17, 15) is 9.59 Å². The molecule has 0 aliphatic carbocycles. The lowest BCUT2D eigenvalue weighted by atomic mass is 10.2. The van der Waals surface area contributed by atoms with Gasteiger partial charge in [0.25, 0.3) is 0 Å². The summed E-state index contributed by atoms with van der Waals surface area (Å²) in [5, 5.41) is 0. The van der Waals surface area contributed by atoms with Crippen molar-refractivity contribution in [3.63, 3.8) is 0 Å². The second-order valence-electron chi connectivity index (χ2n) is 6.78. The topological polar surface area (TPSA) is 103 Å². The third kappa shape index (κ3) is 4.67. The van der Waals surface area contributed by atoms with Crippen LogP contribution in [0.2, 0.25) is 0 Å². The zero-order valence-electron chi connectivity index (χ0n) is 16.9. The number of nitrogens with one attached hydrogen (secondary N) is 1. The molecule has 1 unspecified atom stereocenters. The quantitative estimate of drug-likeness (QED) is 0.500. The van der Waals surface area contributed by atoms with Crippen molar-refractivity contribution in [1.82, 2.24) is 14.7 Å². The van der Waals surface area contributed by atoms with E-state index in [0.29, 0.717) is 28.7 Å². The number of hydrogen-bond donors (Lipinski definition) is 1. The van der Waals surface area contributed by atoms with Crippen molar-refractivity contribution < 1.29 is 13.7 Å². The fourth-order valence-corrected chi connectivity index (χ4v) is 2.88. The lowest BCUT2D eigenvalue weighted by molar-refractivity contribution is 0.233. The van der Waals surface area contributed by atoms with E-state index in [1.54, 1.807) is 13.0 Å². The lowest BCUT2D eigenvalue weighted by Crippen LogP contribution is -2.19. The largest absolute Gasteiger partial charge is 0.487 e. The minimum absolute atomic E-state index is 0.249. The zero-order valence-corrected chi connectivity index (χ0v) is 16.9. The van der Waals surface area contributed by atoms with E-state index in [1.807, 2.05) is 60.4 Å². The summed E-state index contributed by atoms with van der Waals surface area (Å²) in [6.07, 6.45) is 0. The summed E-state index contributed by atoms with van der Waals surface area (Å²) < 4.78 is 17.3. The number of H-pyrrole nitrogens is 1. The van der Waals surface area contributed by atoms with Crippen molar-refractivity contribution in [3.05, 3.63) is 92.6 Å². The summed E-state index contributed by atoms with van der Waals surface area (Å²) in [7, 11) is 0. The molecule has 4 aromatic rings. The SMILES string of the molecule is Cc1oc(-c2ccccc2)nc1COc1cccc(C#CC(C)n2oc(=O)[nH]c2=O)c1. The van der Waals surface area contributed by atoms with E-state index in [-0.39, 0.29) is 6.61 Å². The molecule has 0 radical (unpaired) electrons. The average Bonchev–Trinajstić information content (AvgIpc) is 3.32. The molecule has 0 aliphatic heterocycles. The Hall–Kier alpha value is -4.25. The van der Waals surface area contributed by atoms with Crippen LogP contribution in [0.4, 0.5) is 0 Å². The monoisotopic (exact) mass is 417 g/mol. The average molecular weight is 417 g/mol. The number of hydrogen-bond acceptors (Lipinski definition) is 6. The van der Waals surface area contributed by atoms with E-state index >= 15 is 0 Å². The minimum Gasteiger partial charge on any atom is -0.487 e. The van der Waals surface area contributed by atoms with Crippen molar-refractivity contribution in [3.8, 4) is 29.0 Å². The molecule has 1 atom stereocenters. The molecule has 4 rings (SSSR count). The number of oxazole rings is 1. The maximum atomic E-state index is 11.6. The van der Waals surface area contributed by atoms with Crippen LogP contribution in [0, 0.1) is 18.8 Å². The number of aromatic amines is 1. The Morgan fingerprint density at radius 2 is 1.97 bits per heavy atom. The van der Waals surface area contributed by atoms with Crippen LogP contribution in [0.3, 0.4) is 0 Å². The number of ether oxygens (including phenoxy) is 1. The van der Waals surface area contributed by atoms with Crippen molar-refractivity contribution in [1.29, 1.82) is 0 Å². The first-order valence-electron chi connectivity index (χ1n) is 9.58. The van der Waals surface area contributed by atoms with Crippen LogP contribution in [-0.4, -0.2) is 14.7 Å². The van der Waals surface area contributed by atoms with Crippen molar-refractivity contribution in [2.75, 3.05) is 0 Å². The molecule has 156 valence electrons. The van der Waals surface area contributed by atoms with E-state index in [0.717, 1.165) is 10.3 Å². The minimum atomic E-state index is -0.812. The van der Waals surface area contributed by atoms with Gasteiger partial charge in [0, 0.05) is 11.1 Å². The van der Waals surface area contributed by atoms with Gasteiger partial charge in [-0.2, -0.15) is 0 Å². The highest BCUT2D eigenvalue weighted by Crippen LogP contribution is 2.23. The Kier molecular flexibility index (Phi) is 5.58. The number of aryl methyl sites for hydroxylation is 1. The Bertz CT molecular complexity index is 1370. The molecular formula is C23H19N3O5. The summed E-state index contributed by atoms with van der Waals surface area (Å²) in [6, 6.07) is 16.3. The molecule has 2 heterocycles. The molecule has 2 aromatic heterocycles. The second-order valence-corrected chi connectivity index (χ2v) is 6.78. The van der Waals surface area contributed by atoms with Gasteiger partial charge in [0.2, 0.25) is 5.89 Å². The third-order valence-electron chi connectivity index (χ3n) is 4.49. The van der Waals surface area contributed by atoms with Gasteiger partial charge < -0.3 is 13.7 Å². The van der Waals surface area contributed by atoms with E-state index in [4.69, 9.17) is 13.7 Å². The number of aromatic nitrogens is 3. The molecule has 0 bridgehead atoms. The fraction of sp³-hybridized carbons (Fsp3) is 0.174. The molecule has 8 nitrogen and oxygen atoms in total. The van der Waals surface area contributed by atoms with Gasteiger partial charge in [0.15, 0.2) is 0 Å². The molecule has 8 heteroatoms. The lowest BCUT2D eigenvalue weighted by Gasteiger charge is -2.05. The molecule has 0 saturated carbocycles. The first-order valence-corrected chi connectivity index (χ1v) is 9.58. The van der Waals surface area contributed by atoms with Gasteiger partial charge in [-0.15, -0.1) is 4.74 Å². The summed E-state index contributed by atoms with van der Waals surface area (Å²) in [5.74, 6) is 6.89. The predicted octanol–water partition coefficient (Wildman–Crippen LogP) is 3.28. The van der Waals surface area contributed by atoms with Crippen LogP contribution in [-0.2, 0) is 6.61 Å². The van der Waals surface area contributed by atoms with Crippen LogP contribution < -0.4 is 16.2 Å². The van der Waals surface area contributed by atoms with Crippen LogP contribution in [0.1, 0.15) is 30.0 Å². The molecule has 31 heavy (non-hydrogen) atoms. The van der Waals surface area contributed by atoms with Gasteiger partial charge in [-0.3, -0.25) is 0 Å². The highest BCUT2D eigenvalue weighted by atomic mass is 16.5. The molecular weight excluding hydrogens is 398 g/mol. The van der Waals surface area contributed by atoms with Crippen molar-refractivity contribution in [2.45, 2.75) is 26.5 Å². The highest BCUT2D eigenvalue weighted by Gasteiger charge is 2.12. The van der Waals surface area contributed by atoms with Gasteiger partial charge in [-0.25, -0.2) is 19.6 Å². The predicted molar refractivity (Wildman–Crippen MR) is 113 cm³/mol. The number of benzene rings is 2. The standard InChI is InChI=1S/C23H19N3O5/c1-15(26-22(27)25-23(28)31-26)11-12-17-7-6-10-19(13-17)29-14-20-16(2)30-21(24-20)18-8-4-3-5-9-18/h3-10,13,15H,14H2,1-2H3,(H,25,27,28). The first kappa shape index (κ1) is 20.0. The summed E-state index contributed by atoms with van der Waals surface area (Å²) in [5.41, 5.74) is 1.67. The van der Waals surface area contributed by atoms with Gasteiger partial charge in [0.1, 0.15) is 29.9 Å². The van der Waals surface area contributed by atoms with E-state index < -0.39 is 17.5 Å². The molecule has 0 amide bonds. The highest BCUT2D eigenvalue weighted by molar-refractivity contribution is 5.53. The summed E-state index contributed by atoms with van der Waals surface area (Å²) in [4.78, 5) is 29.3. The van der Waals surface area contributed by atoms with Gasteiger partial charge >= 0.3 is 11.4 Å². The maximum absolute atomic E-state index is 11.6. The Balaban J connectivity index is 1.45. The Morgan fingerprint density at radius 3 is 2.71 bits per heavy atom. The van der Waals surface area contributed by atoms with Crippen molar-refractivity contribution in [2.24, 2.45) is 0 Å². The summed E-state index contributed by atoms with van der Waals surface area (Å²) in [6.45, 7) is 3.76. The normalized spacial score (nSPS) is 11.5. The fourth-order valence-electron chi connectivity index (χ4n) is 2.88. The zero-order chi connectivity index (χ0) is 21.8. The van der Waals surface area contributed by atoms with Gasteiger partial charge in [0.05, 0.1) is 0 Å². The van der Waals surface area contributed by atoms with Gasteiger partial charge in [-0.05, 0) is 44.2 Å². The Labute approximate surface area is 177 Å². The van der Waals surface area contributed by atoms with Crippen LogP contribution in [0.15, 0.2) is 73.1 Å². The molecule has 0 spiro atoms. The molecule has 0 aliphatic rings. The van der Waals surface area contributed by atoms with Crippen LogP contribution in [0.5, 0.6) is 5.75 Å². The van der Waals surface area contributed by atoms with E-state index in [1.165, 1.54) is 0 Å². The molecule has 0 fully saturated rings. The molecule has 0 saturated heterocycles. The van der Waals surface area contributed by atoms with Crippen LogP contribution in [0.25, 0.3) is 11.5 Å². The Morgan fingerprint density at radius 1 is 1.16 bits per heavy atom. The molecule has 1 N–H and O–H groups in total. The number of rotatable bonds is 5. The van der Waals surface area contributed by atoms with Gasteiger partial charge in [-0.1, -0.05) is 36.1 Å². The smallest absolute Gasteiger partial charge is 0.440 e. The maximum Gasteiger partial charge on any atom is 0.440 e. The first-order chi connectivity index (χ1) is 15.0. The number of nitrogens with zero attached hydrogens (tertiary/aromatic N) is 2.